The van der Waals surface area contributed by atoms with Crippen molar-refractivity contribution in [3.8, 4) is 17.7 Å². The largest absolute Gasteiger partial charge is 0.434 e. The van der Waals surface area contributed by atoms with Gasteiger partial charge in [-0.15, -0.1) is 0 Å². The van der Waals surface area contributed by atoms with E-state index in [-0.39, 0.29) is 11.8 Å². The molecule has 0 aliphatic rings. The molecule has 0 saturated carbocycles. The van der Waals surface area contributed by atoms with Gasteiger partial charge in [-0.25, -0.2) is 4.98 Å². The van der Waals surface area contributed by atoms with E-state index in [2.05, 4.69) is 9.97 Å². The third-order valence-electron chi connectivity index (χ3n) is 2.15. The molecular formula is C11H7N5O3. The molecule has 8 nitrogen and oxygen atoms in total. The summed E-state index contributed by atoms with van der Waals surface area (Å²) < 4.78 is 5.27. The molecule has 0 fully saturated rings. The molecule has 0 bridgehead atoms. The predicted octanol–water partition coefficient (Wildman–Crippen LogP) is 1.63. The predicted molar refractivity (Wildman–Crippen MR) is 64.3 cm³/mol. The number of aromatic nitrogens is 2. The van der Waals surface area contributed by atoms with Gasteiger partial charge in [0.1, 0.15) is 11.9 Å². The second-order valence-electron chi connectivity index (χ2n) is 3.41. The first-order chi connectivity index (χ1) is 9.10. The van der Waals surface area contributed by atoms with Crippen LogP contribution >= 0.6 is 0 Å². The molecule has 2 N–H and O–H groups in total. The average Bonchev–Trinajstić information content (AvgIpc) is 2.39. The third-order valence-corrected chi connectivity index (χ3v) is 2.15. The van der Waals surface area contributed by atoms with Gasteiger partial charge in [-0.05, 0) is 24.3 Å². The van der Waals surface area contributed by atoms with E-state index in [1.54, 1.807) is 0 Å². The van der Waals surface area contributed by atoms with Crippen LogP contribution in [0, 0.1) is 21.4 Å². The summed E-state index contributed by atoms with van der Waals surface area (Å²) in [5, 5.41) is 19.4. The Balaban J connectivity index is 2.34. The number of nitrogens with zero attached hydrogens (tertiary/aromatic N) is 4. The lowest BCUT2D eigenvalue weighted by Gasteiger charge is -2.05. The summed E-state index contributed by atoms with van der Waals surface area (Å²) in [4.78, 5) is 17.3. The number of nitro groups is 1. The molecule has 0 unspecified atom stereocenters. The van der Waals surface area contributed by atoms with Crippen LogP contribution in [-0.2, 0) is 0 Å². The number of hydrogen-bond acceptors (Lipinski definition) is 7. The molecule has 2 aromatic rings. The molecular weight excluding hydrogens is 250 g/mol. The van der Waals surface area contributed by atoms with Gasteiger partial charge in [0.25, 0.3) is 0 Å². The van der Waals surface area contributed by atoms with Gasteiger partial charge in [-0.1, -0.05) is 0 Å². The minimum atomic E-state index is -0.668. The molecule has 0 spiro atoms. The van der Waals surface area contributed by atoms with Crippen molar-refractivity contribution >= 4 is 11.6 Å². The van der Waals surface area contributed by atoms with E-state index in [4.69, 9.17) is 15.7 Å². The van der Waals surface area contributed by atoms with Gasteiger partial charge in [-0.2, -0.15) is 10.2 Å². The zero-order valence-electron chi connectivity index (χ0n) is 9.48. The van der Waals surface area contributed by atoms with Crippen molar-refractivity contribution in [3.05, 3.63) is 46.1 Å². The highest BCUT2D eigenvalue weighted by Gasteiger charge is 2.18. The number of ether oxygens (including phenoxy) is 1. The maximum atomic E-state index is 10.8. The van der Waals surface area contributed by atoms with Crippen molar-refractivity contribution in [3.63, 3.8) is 0 Å². The van der Waals surface area contributed by atoms with Crippen molar-refractivity contribution in [2.75, 3.05) is 5.73 Å². The molecule has 0 saturated heterocycles. The summed E-state index contributed by atoms with van der Waals surface area (Å²) in [6.07, 6.45) is 0.974. The fourth-order valence-corrected chi connectivity index (χ4v) is 1.28. The summed E-state index contributed by atoms with van der Waals surface area (Å²) in [5.74, 6) is -0.0725. The quantitative estimate of drug-likeness (QED) is 0.653. The first-order valence-corrected chi connectivity index (χ1v) is 5.05. The Labute approximate surface area is 107 Å². The van der Waals surface area contributed by atoms with Gasteiger partial charge in [0, 0.05) is 0 Å². The molecule has 0 aliphatic carbocycles. The van der Waals surface area contributed by atoms with Gasteiger partial charge in [0.2, 0.25) is 5.95 Å². The van der Waals surface area contributed by atoms with E-state index in [1.807, 2.05) is 6.07 Å². The third kappa shape index (κ3) is 2.73. The normalized spacial score (nSPS) is 9.63. The number of nitriles is 1. The number of nitrogens with two attached hydrogens (primary N) is 1. The number of anilines is 1. The van der Waals surface area contributed by atoms with E-state index in [0.29, 0.717) is 11.3 Å². The minimum absolute atomic E-state index is 0.130. The van der Waals surface area contributed by atoms with Crippen LogP contribution in [0.1, 0.15) is 5.56 Å². The van der Waals surface area contributed by atoms with E-state index >= 15 is 0 Å². The monoisotopic (exact) mass is 257 g/mol. The molecule has 0 amide bonds. The topological polar surface area (TPSA) is 128 Å². The lowest BCUT2D eigenvalue weighted by molar-refractivity contribution is -0.386. The Hall–Kier alpha value is -3.21. The van der Waals surface area contributed by atoms with Gasteiger partial charge >= 0.3 is 11.6 Å². The maximum Gasteiger partial charge on any atom is 0.349 e. The number of benzene rings is 1. The Morgan fingerprint density at radius 2 is 2.05 bits per heavy atom. The summed E-state index contributed by atoms with van der Waals surface area (Å²) >= 11 is 0. The molecule has 0 aliphatic heterocycles. The van der Waals surface area contributed by atoms with Crippen molar-refractivity contribution in [2.45, 2.75) is 0 Å². The SMILES string of the molecule is N#Cc1ccc(Oc2nc(N)ncc2[N+](=O)[O-])cc1. The number of hydrogen-bond donors (Lipinski definition) is 1. The summed E-state index contributed by atoms with van der Waals surface area (Å²) in [5.41, 5.74) is 5.42. The van der Waals surface area contributed by atoms with Crippen LogP contribution in [0.25, 0.3) is 0 Å². The van der Waals surface area contributed by atoms with Crippen LogP contribution in [-0.4, -0.2) is 14.9 Å². The standard InChI is InChI=1S/C11H7N5O3/c12-5-7-1-3-8(4-2-7)19-10-9(16(17)18)6-14-11(13)15-10/h1-4,6H,(H2,13,14,15). The molecule has 2 rings (SSSR count). The zero-order valence-corrected chi connectivity index (χ0v) is 9.48. The van der Waals surface area contributed by atoms with Crippen LogP contribution in [0.4, 0.5) is 11.6 Å². The lowest BCUT2D eigenvalue weighted by Crippen LogP contribution is -2.01. The fraction of sp³-hybridized carbons (Fsp3) is 0. The second kappa shape index (κ2) is 4.97. The van der Waals surface area contributed by atoms with Gasteiger partial charge < -0.3 is 10.5 Å². The highest BCUT2D eigenvalue weighted by atomic mass is 16.6. The highest BCUT2D eigenvalue weighted by Crippen LogP contribution is 2.28. The Morgan fingerprint density at radius 1 is 1.37 bits per heavy atom. The maximum absolute atomic E-state index is 10.8. The van der Waals surface area contributed by atoms with Gasteiger partial charge in [0.05, 0.1) is 16.6 Å². The Kier molecular flexibility index (Phi) is 3.20. The second-order valence-corrected chi connectivity index (χ2v) is 3.41. The number of nitrogen functional groups attached to an aromatic ring is 1. The van der Waals surface area contributed by atoms with Crippen LogP contribution in [0.15, 0.2) is 30.5 Å². The van der Waals surface area contributed by atoms with Crippen molar-refractivity contribution < 1.29 is 9.66 Å². The van der Waals surface area contributed by atoms with E-state index in [9.17, 15) is 10.1 Å². The summed E-state index contributed by atoms with van der Waals surface area (Å²) in [6, 6.07) is 7.99. The van der Waals surface area contributed by atoms with Crippen LogP contribution in [0.5, 0.6) is 11.6 Å². The first-order valence-electron chi connectivity index (χ1n) is 5.05. The smallest absolute Gasteiger partial charge is 0.349 e. The average molecular weight is 257 g/mol. The van der Waals surface area contributed by atoms with Crippen molar-refractivity contribution in [1.82, 2.24) is 9.97 Å². The summed E-state index contributed by atoms with van der Waals surface area (Å²) in [6.45, 7) is 0. The highest BCUT2D eigenvalue weighted by molar-refractivity contribution is 5.45. The van der Waals surface area contributed by atoms with Crippen LogP contribution in [0.2, 0.25) is 0 Å². The Bertz CT molecular complexity index is 663. The lowest BCUT2D eigenvalue weighted by atomic mass is 10.2. The molecule has 1 heterocycles. The fourth-order valence-electron chi connectivity index (χ4n) is 1.28. The van der Waals surface area contributed by atoms with E-state index < -0.39 is 10.6 Å². The molecule has 19 heavy (non-hydrogen) atoms. The zero-order chi connectivity index (χ0) is 13.8. The Morgan fingerprint density at radius 3 is 2.63 bits per heavy atom. The van der Waals surface area contributed by atoms with Crippen LogP contribution < -0.4 is 10.5 Å². The first kappa shape index (κ1) is 12.3. The summed E-state index contributed by atoms with van der Waals surface area (Å²) in [7, 11) is 0. The molecule has 0 radical (unpaired) electrons. The molecule has 94 valence electrons. The molecule has 8 heteroatoms. The van der Waals surface area contributed by atoms with E-state index in [1.165, 1.54) is 24.3 Å². The molecule has 1 aromatic heterocycles. The van der Waals surface area contributed by atoms with Crippen molar-refractivity contribution in [2.24, 2.45) is 0 Å². The van der Waals surface area contributed by atoms with Gasteiger partial charge in [-0.3, -0.25) is 10.1 Å². The van der Waals surface area contributed by atoms with Crippen LogP contribution in [0.3, 0.4) is 0 Å². The number of rotatable bonds is 3. The van der Waals surface area contributed by atoms with Gasteiger partial charge in [0.15, 0.2) is 0 Å². The minimum Gasteiger partial charge on any atom is -0.434 e. The molecule has 0 atom stereocenters. The molecule has 1 aromatic carbocycles. The van der Waals surface area contributed by atoms with Crippen molar-refractivity contribution in [1.29, 1.82) is 5.26 Å². The van der Waals surface area contributed by atoms with E-state index in [0.717, 1.165) is 6.20 Å².